The predicted octanol–water partition coefficient (Wildman–Crippen LogP) is 2.23. The SMILES string of the molecule is CC(=O)N(C)C[C@@H]1CNCCO[C@H]1c1ccc(Cl)c(F)c1. The second kappa shape index (κ2) is 7.20. The number of hydrogen-bond donors (Lipinski definition) is 1. The van der Waals surface area contributed by atoms with Crippen LogP contribution in [0.3, 0.4) is 0 Å². The van der Waals surface area contributed by atoms with Crippen molar-refractivity contribution in [3.05, 3.63) is 34.6 Å². The molecule has 0 aromatic heterocycles. The highest BCUT2D eigenvalue weighted by Gasteiger charge is 2.28. The molecule has 1 heterocycles. The van der Waals surface area contributed by atoms with Crippen molar-refractivity contribution in [2.24, 2.45) is 5.92 Å². The molecule has 0 radical (unpaired) electrons. The minimum absolute atomic E-state index is 0.000263. The normalized spacial score (nSPS) is 22.7. The summed E-state index contributed by atoms with van der Waals surface area (Å²) < 4.78 is 19.6. The topological polar surface area (TPSA) is 41.6 Å². The van der Waals surface area contributed by atoms with E-state index in [2.05, 4.69) is 5.32 Å². The highest BCUT2D eigenvalue weighted by Crippen LogP contribution is 2.30. The molecule has 0 spiro atoms. The first kappa shape index (κ1) is 16.2. The fourth-order valence-electron chi connectivity index (χ4n) is 2.49. The molecule has 1 fully saturated rings. The van der Waals surface area contributed by atoms with Gasteiger partial charge in [-0.05, 0) is 17.7 Å². The number of nitrogens with one attached hydrogen (secondary N) is 1. The summed E-state index contributed by atoms with van der Waals surface area (Å²) in [5.74, 6) is -0.393. The average Bonchev–Trinajstić information content (AvgIpc) is 2.67. The molecule has 1 aromatic rings. The van der Waals surface area contributed by atoms with E-state index < -0.39 is 5.82 Å². The maximum Gasteiger partial charge on any atom is 0.219 e. The molecule has 1 aliphatic rings. The molecule has 1 aliphatic heterocycles. The van der Waals surface area contributed by atoms with Gasteiger partial charge in [0.2, 0.25) is 5.91 Å². The van der Waals surface area contributed by atoms with E-state index in [0.29, 0.717) is 19.7 Å². The number of amides is 1. The van der Waals surface area contributed by atoms with Crippen LogP contribution in [-0.4, -0.2) is 44.1 Å². The monoisotopic (exact) mass is 314 g/mol. The lowest BCUT2D eigenvalue weighted by Crippen LogP contribution is -2.36. The summed E-state index contributed by atoms with van der Waals surface area (Å²) in [5.41, 5.74) is 0.752. The lowest BCUT2D eigenvalue weighted by Gasteiger charge is -2.29. The average molecular weight is 315 g/mol. The zero-order valence-corrected chi connectivity index (χ0v) is 13.0. The standard InChI is InChI=1S/C15H20ClFN2O2/c1-10(20)19(2)9-12-8-18-5-6-21-15(12)11-3-4-13(16)14(17)7-11/h3-4,7,12,15,18H,5-6,8-9H2,1-2H3/t12-,15-/m0/s1. The van der Waals surface area contributed by atoms with Crippen molar-refractivity contribution >= 4 is 17.5 Å². The quantitative estimate of drug-likeness (QED) is 0.930. The van der Waals surface area contributed by atoms with Crippen LogP contribution in [0.2, 0.25) is 5.02 Å². The van der Waals surface area contributed by atoms with Crippen LogP contribution in [0.1, 0.15) is 18.6 Å². The molecule has 0 bridgehead atoms. The second-order valence-electron chi connectivity index (χ2n) is 5.33. The number of hydrogen-bond acceptors (Lipinski definition) is 3. The van der Waals surface area contributed by atoms with E-state index in [1.807, 2.05) is 0 Å². The Morgan fingerprint density at radius 2 is 2.33 bits per heavy atom. The summed E-state index contributed by atoms with van der Waals surface area (Å²) >= 11 is 5.73. The Morgan fingerprint density at radius 1 is 1.57 bits per heavy atom. The van der Waals surface area contributed by atoms with Gasteiger partial charge in [-0.15, -0.1) is 0 Å². The van der Waals surface area contributed by atoms with Gasteiger partial charge in [0.25, 0.3) is 0 Å². The summed E-state index contributed by atoms with van der Waals surface area (Å²) in [5, 5.41) is 3.38. The highest BCUT2D eigenvalue weighted by molar-refractivity contribution is 6.30. The molecule has 1 amide bonds. The third-order valence-electron chi connectivity index (χ3n) is 3.73. The molecule has 1 N–H and O–H groups in total. The van der Waals surface area contributed by atoms with Gasteiger partial charge in [0, 0.05) is 39.5 Å². The van der Waals surface area contributed by atoms with Gasteiger partial charge in [0.15, 0.2) is 0 Å². The largest absolute Gasteiger partial charge is 0.372 e. The van der Waals surface area contributed by atoms with Crippen molar-refractivity contribution in [2.45, 2.75) is 13.0 Å². The number of carbonyl (C=O) groups excluding carboxylic acids is 1. The summed E-state index contributed by atoms with van der Waals surface area (Å²) in [4.78, 5) is 13.1. The van der Waals surface area contributed by atoms with Crippen LogP contribution in [0.15, 0.2) is 18.2 Å². The van der Waals surface area contributed by atoms with Gasteiger partial charge in [-0.1, -0.05) is 17.7 Å². The Kier molecular flexibility index (Phi) is 5.56. The van der Waals surface area contributed by atoms with E-state index in [1.165, 1.54) is 13.0 Å². The summed E-state index contributed by atoms with van der Waals surface area (Å²) in [6.45, 7) is 4.09. The minimum atomic E-state index is -0.450. The van der Waals surface area contributed by atoms with Crippen molar-refractivity contribution in [1.29, 1.82) is 0 Å². The molecule has 1 aromatic carbocycles. The third kappa shape index (κ3) is 4.15. The molecule has 2 atom stereocenters. The first-order chi connectivity index (χ1) is 9.99. The lowest BCUT2D eigenvalue weighted by molar-refractivity contribution is -0.128. The van der Waals surface area contributed by atoms with Crippen LogP contribution in [0.5, 0.6) is 0 Å². The van der Waals surface area contributed by atoms with Crippen molar-refractivity contribution in [3.8, 4) is 0 Å². The van der Waals surface area contributed by atoms with E-state index in [-0.39, 0.29) is 23.0 Å². The van der Waals surface area contributed by atoms with Gasteiger partial charge in [-0.25, -0.2) is 4.39 Å². The summed E-state index contributed by atoms with van der Waals surface area (Å²) in [6.07, 6.45) is -0.256. The lowest BCUT2D eigenvalue weighted by atomic mass is 9.94. The van der Waals surface area contributed by atoms with E-state index in [0.717, 1.165) is 12.1 Å². The number of nitrogens with zero attached hydrogens (tertiary/aromatic N) is 1. The van der Waals surface area contributed by atoms with Crippen LogP contribution in [-0.2, 0) is 9.53 Å². The Labute approximate surface area is 129 Å². The van der Waals surface area contributed by atoms with E-state index in [9.17, 15) is 9.18 Å². The molecule has 2 rings (SSSR count). The smallest absolute Gasteiger partial charge is 0.219 e. The van der Waals surface area contributed by atoms with Crippen LogP contribution < -0.4 is 5.32 Å². The first-order valence-corrected chi connectivity index (χ1v) is 7.36. The van der Waals surface area contributed by atoms with Crippen molar-refractivity contribution in [3.63, 3.8) is 0 Å². The zero-order chi connectivity index (χ0) is 15.4. The Hall–Kier alpha value is -1.17. The molecule has 4 nitrogen and oxygen atoms in total. The van der Waals surface area contributed by atoms with E-state index in [1.54, 1.807) is 24.1 Å². The van der Waals surface area contributed by atoms with Gasteiger partial charge >= 0.3 is 0 Å². The molecular formula is C15H20ClFN2O2. The first-order valence-electron chi connectivity index (χ1n) is 6.98. The Morgan fingerprint density at radius 3 is 3.00 bits per heavy atom. The number of carbonyl (C=O) groups is 1. The molecule has 0 saturated carbocycles. The summed E-state index contributed by atoms with van der Waals surface area (Å²) in [7, 11) is 1.76. The van der Waals surface area contributed by atoms with E-state index >= 15 is 0 Å². The summed E-state index contributed by atoms with van der Waals surface area (Å²) in [6, 6.07) is 4.74. The molecule has 1 saturated heterocycles. The fourth-order valence-corrected chi connectivity index (χ4v) is 2.60. The third-order valence-corrected chi connectivity index (χ3v) is 4.04. The molecule has 21 heavy (non-hydrogen) atoms. The maximum absolute atomic E-state index is 13.7. The van der Waals surface area contributed by atoms with E-state index in [4.69, 9.17) is 16.3 Å². The molecule has 0 aliphatic carbocycles. The molecule has 6 heteroatoms. The number of halogens is 2. The van der Waals surface area contributed by atoms with Crippen molar-refractivity contribution in [1.82, 2.24) is 10.2 Å². The molecular weight excluding hydrogens is 295 g/mol. The van der Waals surface area contributed by atoms with Crippen LogP contribution in [0, 0.1) is 11.7 Å². The van der Waals surface area contributed by atoms with Gasteiger partial charge in [0.1, 0.15) is 5.82 Å². The van der Waals surface area contributed by atoms with Crippen LogP contribution in [0.25, 0.3) is 0 Å². The fraction of sp³-hybridized carbons (Fsp3) is 0.533. The van der Waals surface area contributed by atoms with Gasteiger partial charge < -0.3 is 15.0 Å². The molecule has 116 valence electrons. The Balaban J connectivity index is 2.22. The van der Waals surface area contributed by atoms with Gasteiger partial charge in [0.05, 0.1) is 17.7 Å². The van der Waals surface area contributed by atoms with Crippen LogP contribution >= 0.6 is 11.6 Å². The highest BCUT2D eigenvalue weighted by atomic mass is 35.5. The minimum Gasteiger partial charge on any atom is -0.372 e. The Bertz CT molecular complexity index is 512. The van der Waals surface area contributed by atoms with Crippen molar-refractivity contribution in [2.75, 3.05) is 33.3 Å². The number of ether oxygens (including phenoxy) is 1. The van der Waals surface area contributed by atoms with Crippen molar-refractivity contribution < 1.29 is 13.9 Å². The van der Waals surface area contributed by atoms with Gasteiger partial charge in [-0.3, -0.25) is 4.79 Å². The second-order valence-corrected chi connectivity index (χ2v) is 5.74. The number of benzene rings is 1. The van der Waals surface area contributed by atoms with Crippen LogP contribution in [0.4, 0.5) is 4.39 Å². The van der Waals surface area contributed by atoms with Gasteiger partial charge in [-0.2, -0.15) is 0 Å². The maximum atomic E-state index is 13.7. The number of rotatable bonds is 3. The predicted molar refractivity (Wildman–Crippen MR) is 79.8 cm³/mol. The molecule has 0 unspecified atom stereocenters. The zero-order valence-electron chi connectivity index (χ0n) is 12.2.